The number of aromatic nitrogens is 4. The number of aromatic amines is 1. The molecule has 1 N–H and O–H groups in total. The molecule has 2 aromatic heterocycles. The zero-order valence-corrected chi connectivity index (χ0v) is 17.9. The van der Waals surface area contributed by atoms with Gasteiger partial charge < -0.3 is 4.57 Å². The van der Waals surface area contributed by atoms with E-state index in [-0.39, 0.29) is 12.2 Å². The highest BCUT2D eigenvalue weighted by atomic mass is 31.1. The Morgan fingerprint density at radius 2 is 1.96 bits per heavy atom. The topological polar surface area (TPSA) is 70.3 Å². The van der Waals surface area contributed by atoms with E-state index >= 15 is 0 Å². The molecule has 4 atom stereocenters. The predicted octanol–water partition coefficient (Wildman–Crippen LogP) is 4.04. The largest absolute Gasteiger partial charge is 0.342 e. The molecule has 2 heterocycles. The van der Waals surface area contributed by atoms with Gasteiger partial charge in [0.1, 0.15) is 17.2 Å². The van der Waals surface area contributed by atoms with Crippen LogP contribution in [-0.2, 0) is 17.1 Å². The Morgan fingerprint density at radius 1 is 1.22 bits per heavy atom. The van der Waals surface area contributed by atoms with Gasteiger partial charge in [-0.25, -0.2) is 8.78 Å². The Balaban J connectivity index is 2.09. The summed E-state index contributed by atoms with van der Waals surface area (Å²) >= 11 is 0. The smallest absolute Gasteiger partial charge is 0.191 e. The van der Waals surface area contributed by atoms with Crippen molar-refractivity contribution in [1.29, 1.82) is 5.26 Å². The van der Waals surface area contributed by atoms with Crippen molar-refractivity contribution < 1.29 is 8.78 Å². The fourth-order valence-electron chi connectivity index (χ4n) is 2.84. The highest BCUT2D eigenvalue weighted by Crippen LogP contribution is 2.44. The second kappa shape index (κ2) is 7.36. The molecule has 3 rings (SSSR count). The van der Waals surface area contributed by atoms with E-state index in [2.05, 4.69) is 43.1 Å². The first-order valence-electron chi connectivity index (χ1n) is 7.96. The van der Waals surface area contributed by atoms with Crippen molar-refractivity contribution in [1.82, 2.24) is 20.0 Å². The third-order valence-electron chi connectivity index (χ3n) is 4.15. The van der Waals surface area contributed by atoms with E-state index in [9.17, 15) is 14.0 Å². The summed E-state index contributed by atoms with van der Waals surface area (Å²) in [7, 11) is 6.42. The van der Waals surface area contributed by atoms with Crippen molar-refractivity contribution in [2.45, 2.75) is 24.0 Å². The van der Waals surface area contributed by atoms with Crippen LogP contribution in [0, 0.1) is 11.3 Å². The first kappa shape index (κ1) is 20.0. The lowest BCUT2D eigenvalue weighted by Crippen LogP contribution is -2.13. The van der Waals surface area contributed by atoms with Crippen LogP contribution in [0.3, 0.4) is 0 Å². The van der Waals surface area contributed by atoms with E-state index in [4.69, 9.17) is 0 Å². The summed E-state index contributed by atoms with van der Waals surface area (Å²) in [5.74, 6) is 0. The normalized spacial score (nSPS) is 14.0. The summed E-state index contributed by atoms with van der Waals surface area (Å²) in [5, 5.41) is 16.1. The standard InChI is InChI=1S/C17H18F2N5P3/c1-16(18,25)11-4-5-12(17(19,26)27)10(7-11)9-24-6-2-3-14(24)15-13(8-20)21-23-22-15/h2-7H,9,25-27H2,1H3,(H,21,22,23). The summed E-state index contributed by atoms with van der Waals surface area (Å²) in [6.07, 6.45) is 1.79. The van der Waals surface area contributed by atoms with Gasteiger partial charge in [0.05, 0.1) is 5.69 Å². The predicted molar refractivity (Wildman–Crippen MR) is 110 cm³/mol. The van der Waals surface area contributed by atoms with E-state index in [0.29, 0.717) is 28.1 Å². The fraction of sp³-hybridized carbons (Fsp3) is 0.235. The summed E-state index contributed by atoms with van der Waals surface area (Å²) in [6.45, 7) is 1.70. The van der Waals surface area contributed by atoms with Gasteiger partial charge in [-0.2, -0.15) is 15.6 Å². The molecule has 0 bridgehead atoms. The Bertz CT molecular complexity index is 1010. The Hall–Kier alpha value is -1.72. The van der Waals surface area contributed by atoms with E-state index in [1.165, 1.54) is 6.92 Å². The van der Waals surface area contributed by atoms with Gasteiger partial charge in [-0.15, -0.1) is 5.10 Å². The molecule has 4 unspecified atom stereocenters. The Morgan fingerprint density at radius 3 is 2.59 bits per heavy atom. The number of benzene rings is 1. The number of rotatable bonds is 5. The second-order valence-corrected chi connectivity index (χ2v) is 9.80. The maximum Gasteiger partial charge on any atom is 0.191 e. The van der Waals surface area contributed by atoms with Crippen LogP contribution in [0.2, 0.25) is 0 Å². The van der Waals surface area contributed by atoms with Crippen LogP contribution < -0.4 is 0 Å². The first-order chi connectivity index (χ1) is 12.6. The molecule has 140 valence electrons. The fourth-order valence-corrected chi connectivity index (χ4v) is 3.58. The molecule has 3 aromatic rings. The monoisotopic (exact) mass is 423 g/mol. The number of nitrogens with one attached hydrogen (secondary N) is 1. The molecule has 0 aliphatic rings. The highest BCUT2D eigenvalue weighted by Gasteiger charge is 2.27. The van der Waals surface area contributed by atoms with Gasteiger partial charge in [0.2, 0.25) is 0 Å². The van der Waals surface area contributed by atoms with Crippen LogP contribution in [0.1, 0.15) is 29.3 Å². The van der Waals surface area contributed by atoms with Crippen molar-refractivity contribution in [2.24, 2.45) is 0 Å². The number of nitrogens with zero attached hydrogens (tertiary/aromatic N) is 4. The van der Waals surface area contributed by atoms with Gasteiger partial charge in [0, 0.05) is 18.3 Å². The number of hydrogen-bond acceptors (Lipinski definition) is 3. The van der Waals surface area contributed by atoms with Crippen molar-refractivity contribution in [3.05, 3.63) is 58.9 Å². The summed E-state index contributed by atoms with van der Waals surface area (Å²) in [6, 6.07) is 10.4. The molecule has 10 heteroatoms. The molecule has 0 aliphatic carbocycles. The molecule has 1 aromatic carbocycles. The van der Waals surface area contributed by atoms with Crippen LogP contribution in [0.5, 0.6) is 0 Å². The lowest BCUT2D eigenvalue weighted by Gasteiger charge is -2.23. The molecular weight excluding hydrogens is 405 g/mol. The van der Waals surface area contributed by atoms with Crippen LogP contribution in [0.4, 0.5) is 8.78 Å². The number of hydrogen-bond donors (Lipinski definition) is 1. The molecule has 0 fully saturated rings. The molecule has 0 radical (unpaired) electrons. The maximum absolute atomic E-state index is 14.7. The minimum Gasteiger partial charge on any atom is -0.342 e. The summed E-state index contributed by atoms with van der Waals surface area (Å²) < 4.78 is 30.9. The van der Waals surface area contributed by atoms with Gasteiger partial charge in [-0.3, -0.25) is 0 Å². The molecule has 0 amide bonds. The van der Waals surface area contributed by atoms with Crippen LogP contribution in [0.25, 0.3) is 11.4 Å². The minimum atomic E-state index is -1.75. The highest BCUT2D eigenvalue weighted by molar-refractivity contribution is 7.38. The lowest BCUT2D eigenvalue weighted by atomic mass is 10.0. The quantitative estimate of drug-likeness (QED) is 0.630. The van der Waals surface area contributed by atoms with E-state index < -0.39 is 10.6 Å². The first-order valence-corrected chi connectivity index (χ1v) is 9.69. The van der Waals surface area contributed by atoms with Gasteiger partial charge in [0.25, 0.3) is 0 Å². The average Bonchev–Trinajstić information content (AvgIpc) is 3.21. The van der Waals surface area contributed by atoms with E-state index in [1.54, 1.807) is 36.5 Å². The lowest BCUT2D eigenvalue weighted by molar-refractivity contribution is 0.323. The Kier molecular flexibility index (Phi) is 5.46. The van der Waals surface area contributed by atoms with Gasteiger partial charge in [-0.05, 0) is 30.2 Å². The molecule has 27 heavy (non-hydrogen) atoms. The Labute approximate surface area is 162 Å². The molecule has 0 saturated carbocycles. The molecular formula is C17H18F2N5P3. The zero-order chi connectivity index (χ0) is 19.8. The number of halogens is 2. The van der Waals surface area contributed by atoms with Crippen molar-refractivity contribution in [3.8, 4) is 17.5 Å². The van der Waals surface area contributed by atoms with Crippen LogP contribution in [-0.4, -0.2) is 20.0 Å². The van der Waals surface area contributed by atoms with Crippen LogP contribution >= 0.6 is 27.7 Å². The minimum absolute atomic E-state index is 0.169. The number of H-pyrrole nitrogens is 1. The molecule has 0 aliphatic heterocycles. The summed E-state index contributed by atoms with van der Waals surface area (Å²) in [5.41, 5.74) is 2.69. The van der Waals surface area contributed by atoms with E-state index in [1.807, 2.05) is 10.6 Å². The van der Waals surface area contributed by atoms with Gasteiger partial charge in [-0.1, -0.05) is 45.9 Å². The summed E-state index contributed by atoms with van der Waals surface area (Å²) in [4.78, 5) is 0. The van der Waals surface area contributed by atoms with Gasteiger partial charge in [0.15, 0.2) is 10.8 Å². The zero-order valence-electron chi connectivity index (χ0n) is 14.4. The SMILES string of the molecule is CC(F)(P)c1ccc(C(F)(P)P)c(Cn2cccc2-c2n[nH]nc2C#N)c1. The maximum atomic E-state index is 14.7. The molecule has 0 spiro atoms. The van der Waals surface area contributed by atoms with E-state index in [0.717, 1.165) is 0 Å². The number of alkyl halides is 2. The van der Waals surface area contributed by atoms with Crippen molar-refractivity contribution in [3.63, 3.8) is 0 Å². The van der Waals surface area contributed by atoms with Gasteiger partial charge >= 0.3 is 0 Å². The van der Waals surface area contributed by atoms with Crippen molar-refractivity contribution in [2.75, 3.05) is 0 Å². The molecule has 0 saturated heterocycles. The third kappa shape index (κ3) is 4.25. The molecule has 5 nitrogen and oxygen atoms in total. The van der Waals surface area contributed by atoms with Crippen LogP contribution in [0.15, 0.2) is 36.5 Å². The second-order valence-electron chi connectivity index (χ2n) is 6.37. The van der Waals surface area contributed by atoms with Crippen molar-refractivity contribution >= 4 is 27.7 Å². The number of nitriles is 1. The average molecular weight is 423 g/mol. The third-order valence-corrected chi connectivity index (χ3v) is 5.10.